The molecule has 2 aliphatic rings. The Morgan fingerprint density at radius 3 is 2.67 bits per heavy atom. The van der Waals surface area contributed by atoms with Gasteiger partial charge in [-0.05, 0) is 13.0 Å². The third kappa shape index (κ3) is 2.18. The molecular weight excluding hydrogens is 200 g/mol. The highest BCUT2D eigenvalue weighted by atomic mass is 16.6. The van der Waals surface area contributed by atoms with Gasteiger partial charge in [0.25, 0.3) is 0 Å². The van der Waals surface area contributed by atoms with E-state index in [1.165, 1.54) is 19.1 Å². The van der Waals surface area contributed by atoms with Crippen LogP contribution in [0.5, 0.6) is 0 Å². The predicted molar refractivity (Wildman–Crippen MR) is 48.9 cm³/mol. The fraction of sp³-hybridized carbons (Fsp3) is 0.600. The molecule has 5 nitrogen and oxygen atoms in total. The molecule has 4 atom stereocenters. The summed E-state index contributed by atoms with van der Waals surface area (Å²) in [6.07, 6.45) is 1.64. The van der Waals surface area contributed by atoms with Crippen molar-refractivity contribution in [3.05, 3.63) is 12.2 Å². The number of carbonyl (C=O) groups excluding carboxylic acids is 2. The Morgan fingerprint density at radius 2 is 2.13 bits per heavy atom. The van der Waals surface area contributed by atoms with E-state index in [1.807, 2.05) is 6.92 Å². The van der Waals surface area contributed by atoms with Gasteiger partial charge in [-0.2, -0.15) is 0 Å². The monoisotopic (exact) mass is 212 g/mol. The summed E-state index contributed by atoms with van der Waals surface area (Å²) in [5.74, 6) is -0.827. The summed E-state index contributed by atoms with van der Waals surface area (Å²) in [4.78, 5) is 21.9. The van der Waals surface area contributed by atoms with Gasteiger partial charge in [-0.3, -0.25) is 4.79 Å². The number of cyclic esters (lactones) is 1. The van der Waals surface area contributed by atoms with E-state index in [9.17, 15) is 9.59 Å². The second-order valence-electron chi connectivity index (χ2n) is 3.64. The van der Waals surface area contributed by atoms with E-state index in [1.54, 1.807) is 0 Å². The number of carbonyl (C=O) groups is 2. The average molecular weight is 212 g/mol. The summed E-state index contributed by atoms with van der Waals surface area (Å²) in [5, 5.41) is 0. The van der Waals surface area contributed by atoms with Crippen molar-refractivity contribution >= 4 is 11.9 Å². The van der Waals surface area contributed by atoms with Crippen LogP contribution in [0.4, 0.5) is 0 Å². The third-order valence-corrected chi connectivity index (χ3v) is 2.38. The lowest BCUT2D eigenvalue weighted by molar-refractivity contribution is -0.163. The van der Waals surface area contributed by atoms with Gasteiger partial charge < -0.3 is 14.2 Å². The summed E-state index contributed by atoms with van der Waals surface area (Å²) in [6.45, 7) is 3.19. The van der Waals surface area contributed by atoms with E-state index in [-0.39, 0.29) is 12.2 Å². The number of hydrogen-bond donors (Lipinski definition) is 0. The second kappa shape index (κ2) is 3.66. The van der Waals surface area contributed by atoms with Crippen LogP contribution in [0, 0.1) is 0 Å². The molecule has 1 fully saturated rings. The van der Waals surface area contributed by atoms with Crippen molar-refractivity contribution in [1.29, 1.82) is 0 Å². The highest BCUT2D eigenvalue weighted by Gasteiger charge is 2.49. The van der Waals surface area contributed by atoms with Gasteiger partial charge in [-0.15, -0.1) is 0 Å². The molecule has 0 aromatic heterocycles. The molecule has 1 saturated heterocycles. The first-order valence-corrected chi connectivity index (χ1v) is 4.79. The van der Waals surface area contributed by atoms with Gasteiger partial charge in [-0.25, -0.2) is 4.79 Å². The van der Waals surface area contributed by atoms with Crippen LogP contribution in [-0.2, 0) is 23.8 Å². The Hall–Kier alpha value is -1.36. The molecule has 15 heavy (non-hydrogen) atoms. The summed E-state index contributed by atoms with van der Waals surface area (Å²) < 4.78 is 15.3. The van der Waals surface area contributed by atoms with E-state index in [0.717, 1.165) is 0 Å². The van der Waals surface area contributed by atoms with E-state index in [0.29, 0.717) is 0 Å². The minimum atomic E-state index is -0.532. The quantitative estimate of drug-likeness (QED) is 0.483. The van der Waals surface area contributed by atoms with Crippen LogP contribution < -0.4 is 0 Å². The van der Waals surface area contributed by atoms with Crippen molar-refractivity contribution in [1.82, 2.24) is 0 Å². The number of esters is 2. The topological polar surface area (TPSA) is 65.1 Å². The highest BCUT2D eigenvalue weighted by molar-refractivity contribution is 5.83. The Bertz CT molecular complexity index is 322. The maximum absolute atomic E-state index is 11.0. The van der Waals surface area contributed by atoms with Gasteiger partial charge in [-0.1, -0.05) is 0 Å². The maximum Gasteiger partial charge on any atom is 0.331 e. The Labute approximate surface area is 87.0 Å². The minimum Gasteiger partial charge on any atom is -0.454 e. The zero-order chi connectivity index (χ0) is 11.0. The van der Waals surface area contributed by atoms with E-state index in [2.05, 4.69) is 0 Å². The molecule has 0 bridgehead atoms. The molecule has 0 spiro atoms. The molecule has 2 rings (SSSR count). The zero-order valence-electron chi connectivity index (χ0n) is 8.51. The standard InChI is InChI=1S/C10H12O5/c1-5-9(13-5)10-7(14-6(2)11)3-4-8(12)15-10/h3-5,7,9-10H,1-2H3/t5?,7-,9?,10+/m1/s1. The van der Waals surface area contributed by atoms with Gasteiger partial charge in [0, 0.05) is 13.0 Å². The van der Waals surface area contributed by atoms with Crippen LogP contribution in [0.1, 0.15) is 13.8 Å². The SMILES string of the molecule is CC(=O)O[C@@H]1C=CC(=O)O[C@@H]1C1OC1C. The predicted octanol–water partition coefficient (Wildman–Crippen LogP) is 0.187. The van der Waals surface area contributed by atoms with E-state index in [4.69, 9.17) is 14.2 Å². The number of ether oxygens (including phenoxy) is 3. The molecule has 0 radical (unpaired) electrons. The van der Waals surface area contributed by atoms with Gasteiger partial charge in [0.15, 0.2) is 12.2 Å². The second-order valence-corrected chi connectivity index (χ2v) is 3.64. The molecule has 5 heteroatoms. The molecular formula is C10H12O5. The molecule has 0 aromatic carbocycles. The van der Waals surface area contributed by atoms with Crippen LogP contribution in [0.25, 0.3) is 0 Å². The lowest BCUT2D eigenvalue weighted by Crippen LogP contribution is -2.40. The number of hydrogen-bond acceptors (Lipinski definition) is 5. The fourth-order valence-electron chi connectivity index (χ4n) is 1.62. The van der Waals surface area contributed by atoms with Gasteiger partial charge in [0.1, 0.15) is 6.10 Å². The fourth-order valence-corrected chi connectivity index (χ4v) is 1.62. The highest BCUT2D eigenvalue weighted by Crippen LogP contribution is 2.31. The smallest absolute Gasteiger partial charge is 0.331 e. The zero-order valence-corrected chi connectivity index (χ0v) is 8.51. The van der Waals surface area contributed by atoms with Crippen molar-refractivity contribution in [3.8, 4) is 0 Å². The van der Waals surface area contributed by atoms with Crippen LogP contribution in [0.3, 0.4) is 0 Å². The lowest BCUT2D eigenvalue weighted by atomic mass is 10.1. The normalized spacial score (nSPS) is 38.4. The molecule has 2 aliphatic heterocycles. The summed E-state index contributed by atoms with van der Waals surface area (Å²) in [7, 11) is 0. The summed E-state index contributed by atoms with van der Waals surface area (Å²) in [5.41, 5.74) is 0. The molecule has 0 aromatic rings. The van der Waals surface area contributed by atoms with Gasteiger partial charge in [0.05, 0.1) is 6.10 Å². The molecule has 0 amide bonds. The number of epoxide rings is 1. The first-order chi connectivity index (χ1) is 7.08. The van der Waals surface area contributed by atoms with Crippen molar-refractivity contribution in [2.45, 2.75) is 38.3 Å². The molecule has 82 valence electrons. The van der Waals surface area contributed by atoms with Crippen molar-refractivity contribution in [3.63, 3.8) is 0 Å². The van der Waals surface area contributed by atoms with Crippen LogP contribution in [0.15, 0.2) is 12.2 Å². The summed E-state index contributed by atoms with van der Waals surface area (Å²) in [6, 6.07) is 0. The Balaban J connectivity index is 2.07. The molecule has 2 heterocycles. The third-order valence-electron chi connectivity index (χ3n) is 2.38. The minimum absolute atomic E-state index is 0.0485. The first-order valence-electron chi connectivity index (χ1n) is 4.79. The lowest BCUT2D eigenvalue weighted by Gasteiger charge is -2.25. The van der Waals surface area contributed by atoms with Crippen LogP contribution >= 0.6 is 0 Å². The van der Waals surface area contributed by atoms with Crippen molar-refractivity contribution in [2.75, 3.05) is 0 Å². The first kappa shape index (κ1) is 10.2. The van der Waals surface area contributed by atoms with Crippen molar-refractivity contribution in [2.24, 2.45) is 0 Å². The molecule has 0 aliphatic carbocycles. The Morgan fingerprint density at radius 1 is 1.47 bits per heavy atom. The average Bonchev–Trinajstić information content (AvgIpc) is 2.85. The van der Waals surface area contributed by atoms with Gasteiger partial charge >= 0.3 is 11.9 Å². The molecule has 0 N–H and O–H groups in total. The van der Waals surface area contributed by atoms with Crippen LogP contribution in [0.2, 0.25) is 0 Å². The largest absolute Gasteiger partial charge is 0.454 e. The molecule has 0 saturated carbocycles. The Kier molecular flexibility index (Phi) is 2.48. The van der Waals surface area contributed by atoms with Crippen molar-refractivity contribution < 1.29 is 23.8 Å². The summed E-state index contributed by atoms with van der Waals surface area (Å²) >= 11 is 0. The van der Waals surface area contributed by atoms with Gasteiger partial charge in [0.2, 0.25) is 0 Å². The maximum atomic E-state index is 11.0. The number of rotatable bonds is 2. The van der Waals surface area contributed by atoms with Crippen LogP contribution in [-0.4, -0.2) is 36.4 Å². The molecule has 2 unspecified atom stereocenters. The van der Waals surface area contributed by atoms with E-state index < -0.39 is 24.1 Å². The van der Waals surface area contributed by atoms with E-state index >= 15 is 0 Å².